The molecule has 0 aliphatic carbocycles. The van der Waals surface area contributed by atoms with Gasteiger partial charge in [-0.25, -0.2) is 4.98 Å². The molecule has 106 valence electrons. The maximum atomic E-state index is 11.6. The van der Waals surface area contributed by atoms with E-state index in [1.165, 1.54) is 11.3 Å². The van der Waals surface area contributed by atoms with Gasteiger partial charge in [0, 0.05) is 48.8 Å². The zero-order valence-electron chi connectivity index (χ0n) is 10.9. The van der Waals surface area contributed by atoms with Gasteiger partial charge in [0.15, 0.2) is 0 Å². The van der Waals surface area contributed by atoms with Crippen molar-refractivity contribution in [1.82, 2.24) is 20.6 Å². The van der Waals surface area contributed by atoms with Crippen molar-refractivity contribution in [3.63, 3.8) is 0 Å². The van der Waals surface area contributed by atoms with Crippen LogP contribution < -0.4 is 10.6 Å². The van der Waals surface area contributed by atoms with Gasteiger partial charge in [0.2, 0.25) is 5.91 Å². The molecule has 0 saturated heterocycles. The van der Waals surface area contributed by atoms with Crippen molar-refractivity contribution >= 4 is 23.2 Å². The molecular formula is C13H16N4O2S. The maximum Gasteiger partial charge on any atom is 0.252 e. The molecule has 0 spiro atoms. The standard InChI is InChI=1S/C13H16N4O2S/c18-12(15-4-1-11-7-14-9-17-11)2-5-16-13(19)10-3-6-20-8-10/h3,6-9H,1-2,4-5H2,(H,14,17)(H,15,18)(H,16,19). The third-order valence-electron chi connectivity index (χ3n) is 2.69. The van der Waals surface area contributed by atoms with E-state index in [0.29, 0.717) is 25.1 Å². The normalized spacial score (nSPS) is 10.2. The van der Waals surface area contributed by atoms with E-state index in [1.54, 1.807) is 24.0 Å². The van der Waals surface area contributed by atoms with Gasteiger partial charge in [-0.3, -0.25) is 9.59 Å². The van der Waals surface area contributed by atoms with Crippen LogP contribution in [0.4, 0.5) is 0 Å². The van der Waals surface area contributed by atoms with Crippen LogP contribution in [0.15, 0.2) is 29.4 Å². The van der Waals surface area contributed by atoms with Crippen molar-refractivity contribution in [2.75, 3.05) is 13.1 Å². The van der Waals surface area contributed by atoms with Crippen molar-refractivity contribution < 1.29 is 9.59 Å². The molecule has 2 aromatic heterocycles. The zero-order valence-corrected chi connectivity index (χ0v) is 11.7. The van der Waals surface area contributed by atoms with Crippen molar-refractivity contribution in [3.05, 3.63) is 40.6 Å². The predicted molar refractivity (Wildman–Crippen MR) is 76.6 cm³/mol. The summed E-state index contributed by atoms with van der Waals surface area (Å²) in [6.07, 6.45) is 4.33. The molecule has 0 aliphatic heterocycles. The quantitative estimate of drug-likeness (QED) is 0.710. The molecule has 0 fully saturated rings. The highest BCUT2D eigenvalue weighted by molar-refractivity contribution is 7.08. The van der Waals surface area contributed by atoms with Gasteiger partial charge in [0.25, 0.3) is 5.91 Å². The molecule has 2 heterocycles. The molecule has 0 saturated carbocycles. The molecule has 6 nitrogen and oxygen atoms in total. The van der Waals surface area contributed by atoms with Crippen molar-refractivity contribution in [3.8, 4) is 0 Å². The number of hydrogen-bond acceptors (Lipinski definition) is 4. The molecule has 0 atom stereocenters. The number of aromatic amines is 1. The van der Waals surface area contributed by atoms with Crippen LogP contribution in [0.5, 0.6) is 0 Å². The molecular weight excluding hydrogens is 276 g/mol. The Morgan fingerprint density at radius 2 is 2.20 bits per heavy atom. The minimum absolute atomic E-state index is 0.0740. The van der Waals surface area contributed by atoms with Crippen LogP contribution >= 0.6 is 11.3 Å². The summed E-state index contributed by atoms with van der Waals surface area (Å²) in [6.45, 7) is 0.893. The summed E-state index contributed by atoms with van der Waals surface area (Å²) in [5.41, 5.74) is 1.62. The van der Waals surface area contributed by atoms with Crippen LogP contribution in [0.2, 0.25) is 0 Å². The maximum absolute atomic E-state index is 11.6. The lowest BCUT2D eigenvalue weighted by molar-refractivity contribution is -0.120. The average Bonchev–Trinajstić information content (AvgIpc) is 3.12. The van der Waals surface area contributed by atoms with Crippen LogP contribution in [0, 0.1) is 0 Å². The van der Waals surface area contributed by atoms with Crippen LogP contribution in [-0.2, 0) is 11.2 Å². The average molecular weight is 292 g/mol. The largest absolute Gasteiger partial charge is 0.356 e. The summed E-state index contributed by atoms with van der Waals surface area (Å²) < 4.78 is 0. The Labute approximate surface area is 120 Å². The number of nitrogens with one attached hydrogen (secondary N) is 3. The fraction of sp³-hybridized carbons (Fsp3) is 0.308. The number of hydrogen-bond donors (Lipinski definition) is 3. The summed E-state index contributed by atoms with van der Waals surface area (Å²) in [5, 5.41) is 9.13. The third-order valence-corrected chi connectivity index (χ3v) is 3.38. The second-order valence-corrected chi connectivity index (χ2v) is 4.97. The number of nitrogens with zero attached hydrogens (tertiary/aromatic N) is 1. The van der Waals surface area contributed by atoms with E-state index in [0.717, 1.165) is 5.69 Å². The first-order valence-electron chi connectivity index (χ1n) is 6.30. The Morgan fingerprint density at radius 1 is 1.30 bits per heavy atom. The van der Waals surface area contributed by atoms with Gasteiger partial charge >= 0.3 is 0 Å². The summed E-state index contributed by atoms with van der Waals surface area (Å²) >= 11 is 1.47. The van der Waals surface area contributed by atoms with Gasteiger partial charge in [-0.05, 0) is 11.4 Å². The zero-order chi connectivity index (χ0) is 14.2. The Balaban J connectivity index is 1.57. The number of rotatable bonds is 7. The second kappa shape index (κ2) is 7.44. The SMILES string of the molecule is O=C(CCNC(=O)c1ccsc1)NCCc1cnc[nH]1. The number of carbonyl (C=O) groups excluding carboxylic acids is 2. The monoisotopic (exact) mass is 292 g/mol. The van der Waals surface area contributed by atoms with E-state index < -0.39 is 0 Å². The Morgan fingerprint density at radius 3 is 2.90 bits per heavy atom. The first kappa shape index (κ1) is 14.3. The summed E-state index contributed by atoms with van der Waals surface area (Å²) in [6, 6.07) is 1.75. The Hall–Kier alpha value is -2.15. The van der Waals surface area contributed by atoms with Crippen LogP contribution in [0.3, 0.4) is 0 Å². The van der Waals surface area contributed by atoms with Gasteiger partial charge in [-0.15, -0.1) is 0 Å². The van der Waals surface area contributed by atoms with Gasteiger partial charge in [-0.2, -0.15) is 11.3 Å². The Kier molecular flexibility index (Phi) is 5.31. The minimum atomic E-state index is -0.142. The molecule has 7 heteroatoms. The summed E-state index contributed by atoms with van der Waals surface area (Å²) in [5.74, 6) is -0.216. The molecule has 2 aromatic rings. The third kappa shape index (κ3) is 4.51. The van der Waals surface area contributed by atoms with Gasteiger partial charge in [-0.1, -0.05) is 0 Å². The molecule has 3 N–H and O–H groups in total. The van der Waals surface area contributed by atoms with Crippen molar-refractivity contribution in [2.24, 2.45) is 0 Å². The van der Waals surface area contributed by atoms with Crippen LogP contribution in [0.25, 0.3) is 0 Å². The van der Waals surface area contributed by atoms with E-state index in [1.807, 2.05) is 5.38 Å². The Bertz CT molecular complexity index is 537. The lowest BCUT2D eigenvalue weighted by Gasteiger charge is -2.05. The number of aromatic nitrogens is 2. The molecule has 0 aromatic carbocycles. The second-order valence-electron chi connectivity index (χ2n) is 4.19. The molecule has 2 amide bonds. The highest BCUT2D eigenvalue weighted by Gasteiger charge is 2.06. The number of carbonyl (C=O) groups is 2. The smallest absolute Gasteiger partial charge is 0.252 e. The van der Waals surface area contributed by atoms with Crippen molar-refractivity contribution in [2.45, 2.75) is 12.8 Å². The number of imidazole rings is 1. The highest BCUT2D eigenvalue weighted by Crippen LogP contribution is 2.04. The van der Waals surface area contributed by atoms with E-state index in [9.17, 15) is 9.59 Å². The predicted octanol–water partition coefficient (Wildman–Crippen LogP) is 0.950. The molecule has 0 radical (unpaired) electrons. The first-order valence-corrected chi connectivity index (χ1v) is 7.24. The minimum Gasteiger partial charge on any atom is -0.356 e. The first-order chi connectivity index (χ1) is 9.75. The molecule has 2 rings (SSSR count). The fourth-order valence-corrected chi connectivity index (χ4v) is 2.27. The van der Waals surface area contributed by atoms with Crippen molar-refractivity contribution in [1.29, 1.82) is 0 Å². The number of amides is 2. The lowest BCUT2D eigenvalue weighted by Crippen LogP contribution is -2.31. The highest BCUT2D eigenvalue weighted by atomic mass is 32.1. The van der Waals surface area contributed by atoms with Crippen LogP contribution in [-0.4, -0.2) is 34.9 Å². The van der Waals surface area contributed by atoms with E-state index in [-0.39, 0.29) is 18.2 Å². The molecule has 0 unspecified atom stereocenters. The van der Waals surface area contributed by atoms with E-state index >= 15 is 0 Å². The molecule has 0 bridgehead atoms. The van der Waals surface area contributed by atoms with E-state index in [4.69, 9.17) is 0 Å². The number of H-pyrrole nitrogens is 1. The topological polar surface area (TPSA) is 86.9 Å². The summed E-state index contributed by atoms with van der Waals surface area (Å²) in [4.78, 5) is 30.0. The van der Waals surface area contributed by atoms with Gasteiger partial charge in [0.05, 0.1) is 6.33 Å². The number of thiophene rings is 1. The summed E-state index contributed by atoms with van der Waals surface area (Å²) in [7, 11) is 0. The van der Waals surface area contributed by atoms with Gasteiger partial charge < -0.3 is 15.6 Å². The van der Waals surface area contributed by atoms with E-state index in [2.05, 4.69) is 20.6 Å². The van der Waals surface area contributed by atoms with Crippen LogP contribution in [0.1, 0.15) is 22.5 Å². The fourth-order valence-electron chi connectivity index (χ4n) is 1.63. The molecule has 20 heavy (non-hydrogen) atoms. The molecule has 0 aliphatic rings. The van der Waals surface area contributed by atoms with Gasteiger partial charge in [0.1, 0.15) is 0 Å². The lowest BCUT2D eigenvalue weighted by atomic mass is 10.3.